The number of aliphatic imine (C=N–C) groups is 1. The number of rotatable bonds is 15. The molecule has 0 aliphatic rings. The molecule has 0 saturated heterocycles. The van der Waals surface area contributed by atoms with E-state index in [-0.39, 0.29) is 32.0 Å². The molecule has 0 aromatic heterocycles. The van der Waals surface area contributed by atoms with E-state index in [0.29, 0.717) is 12.0 Å². The summed E-state index contributed by atoms with van der Waals surface area (Å²) in [6.45, 7) is -0.314. The number of carbonyl (C=O) groups is 4. The lowest BCUT2D eigenvalue weighted by Gasteiger charge is -2.23. The van der Waals surface area contributed by atoms with Gasteiger partial charge in [0.05, 0.1) is 11.6 Å². The first-order valence-electron chi connectivity index (χ1n) is 13.4. The number of amides is 2. The third-order valence-corrected chi connectivity index (χ3v) is 6.11. The summed E-state index contributed by atoms with van der Waals surface area (Å²) in [4.78, 5) is 55.5. The summed E-state index contributed by atoms with van der Waals surface area (Å²) in [5.41, 5.74) is 12.6. The standard InChI is InChI=1S/C31H35N5O6/c32-30(33)34-18-10-17-25(27(37)21-41-29(39)24-15-8-3-9-16-24)35-28(38)26(19-22-11-4-1-5-12-22)36-31(40)42-20-23-13-6-2-7-14-23/h1-9,11-16,25-26H,10,17-21H2,(H,35,38)(H,36,40)(H4,32,33,34)/t25-,26-/m0/s1. The lowest BCUT2D eigenvalue weighted by Crippen LogP contribution is -2.53. The highest BCUT2D eigenvalue weighted by atomic mass is 16.5. The number of hydrogen-bond acceptors (Lipinski definition) is 7. The molecule has 0 saturated carbocycles. The third kappa shape index (κ3) is 11.1. The Bertz CT molecular complexity index is 1330. The van der Waals surface area contributed by atoms with Crippen molar-refractivity contribution in [2.24, 2.45) is 16.5 Å². The second kappa shape index (κ2) is 16.8. The zero-order valence-corrected chi connectivity index (χ0v) is 23.1. The largest absolute Gasteiger partial charge is 0.454 e. The first-order chi connectivity index (χ1) is 20.3. The molecule has 0 spiro atoms. The van der Waals surface area contributed by atoms with E-state index in [0.717, 1.165) is 11.1 Å². The van der Waals surface area contributed by atoms with Crippen molar-refractivity contribution in [3.05, 3.63) is 108 Å². The molecule has 0 radical (unpaired) electrons. The lowest BCUT2D eigenvalue weighted by atomic mass is 10.0. The minimum Gasteiger partial charge on any atom is -0.454 e. The second-order valence-corrected chi connectivity index (χ2v) is 9.37. The van der Waals surface area contributed by atoms with Crippen LogP contribution < -0.4 is 22.1 Å². The maximum Gasteiger partial charge on any atom is 0.408 e. The van der Waals surface area contributed by atoms with Gasteiger partial charge < -0.3 is 31.6 Å². The van der Waals surface area contributed by atoms with E-state index in [2.05, 4.69) is 15.6 Å². The molecule has 0 aliphatic carbocycles. The Morgan fingerprint density at radius 1 is 0.738 bits per heavy atom. The quantitative estimate of drug-likeness (QED) is 0.0928. The number of ether oxygens (including phenoxy) is 2. The van der Waals surface area contributed by atoms with Crippen molar-refractivity contribution in [3.63, 3.8) is 0 Å². The molecular weight excluding hydrogens is 538 g/mol. The van der Waals surface area contributed by atoms with Gasteiger partial charge in [-0.05, 0) is 36.1 Å². The van der Waals surface area contributed by atoms with Gasteiger partial charge in [0.2, 0.25) is 5.91 Å². The number of alkyl carbamates (subject to hydrolysis) is 1. The van der Waals surface area contributed by atoms with E-state index in [1.807, 2.05) is 60.7 Å². The van der Waals surface area contributed by atoms with E-state index in [4.69, 9.17) is 20.9 Å². The molecule has 3 aromatic rings. The molecule has 11 heteroatoms. The Hall–Kier alpha value is -5.19. The molecule has 0 bridgehead atoms. The average molecular weight is 574 g/mol. The van der Waals surface area contributed by atoms with E-state index in [1.54, 1.807) is 30.3 Å². The lowest BCUT2D eigenvalue weighted by molar-refractivity contribution is -0.130. The zero-order valence-electron chi connectivity index (χ0n) is 23.1. The molecule has 11 nitrogen and oxygen atoms in total. The molecule has 0 fully saturated rings. The van der Waals surface area contributed by atoms with Crippen molar-refractivity contribution in [1.29, 1.82) is 0 Å². The fourth-order valence-electron chi connectivity index (χ4n) is 3.95. The summed E-state index contributed by atoms with van der Waals surface area (Å²) >= 11 is 0. The molecule has 0 unspecified atom stereocenters. The van der Waals surface area contributed by atoms with Crippen LogP contribution in [0.1, 0.15) is 34.3 Å². The Morgan fingerprint density at radius 2 is 1.33 bits per heavy atom. The average Bonchev–Trinajstić information content (AvgIpc) is 3.01. The Labute approximate surface area is 244 Å². The summed E-state index contributed by atoms with van der Waals surface area (Å²) in [5, 5.41) is 5.32. The fraction of sp³-hybridized carbons (Fsp3) is 0.258. The van der Waals surface area contributed by atoms with Gasteiger partial charge in [0.1, 0.15) is 12.6 Å². The molecular formula is C31H35N5O6. The van der Waals surface area contributed by atoms with Gasteiger partial charge in [-0.1, -0.05) is 78.9 Å². The molecule has 2 amide bonds. The van der Waals surface area contributed by atoms with Gasteiger partial charge in [-0.15, -0.1) is 0 Å². The van der Waals surface area contributed by atoms with Crippen LogP contribution in [0.5, 0.6) is 0 Å². The number of Topliss-reactive ketones (excluding diaryl/α,β-unsaturated/α-hetero) is 1. The minimum atomic E-state index is -1.06. The van der Waals surface area contributed by atoms with Crippen LogP contribution in [0.2, 0.25) is 0 Å². The van der Waals surface area contributed by atoms with Crippen molar-refractivity contribution in [1.82, 2.24) is 10.6 Å². The molecule has 0 aliphatic heterocycles. The number of carbonyl (C=O) groups excluding carboxylic acids is 4. The summed E-state index contributed by atoms with van der Waals surface area (Å²) in [6, 6.07) is 24.4. The van der Waals surface area contributed by atoms with Gasteiger partial charge in [-0.2, -0.15) is 0 Å². The minimum absolute atomic E-state index is 0.0189. The van der Waals surface area contributed by atoms with Crippen molar-refractivity contribution >= 4 is 29.7 Å². The summed E-state index contributed by atoms with van der Waals surface area (Å²) in [6.07, 6.45) is -0.120. The molecule has 3 aromatic carbocycles. The summed E-state index contributed by atoms with van der Waals surface area (Å²) in [7, 11) is 0. The van der Waals surface area contributed by atoms with Gasteiger partial charge in [-0.3, -0.25) is 14.6 Å². The molecule has 2 atom stereocenters. The topological polar surface area (TPSA) is 175 Å². The second-order valence-electron chi connectivity index (χ2n) is 9.37. The van der Waals surface area contributed by atoms with Gasteiger partial charge >= 0.3 is 12.1 Å². The molecule has 6 N–H and O–H groups in total. The number of nitrogens with zero attached hydrogens (tertiary/aromatic N) is 1. The SMILES string of the molecule is NC(N)=NCCC[C@H](NC(=O)[C@H](Cc1ccccc1)NC(=O)OCc1ccccc1)C(=O)COC(=O)c1ccccc1. The van der Waals surface area contributed by atoms with E-state index in [9.17, 15) is 19.2 Å². The molecule has 0 heterocycles. The van der Waals surface area contributed by atoms with Crippen LogP contribution in [0.25, 0.3) is 0 Å². The van der Waals surface area contributed by atoms with Crippen LogP contribution in [-0.4, -0.2) is 54.9 Å². The number of ketones is 1. The maximum absolute atomic E-state index is 13.5. The number of nitrogens with two attached hydrogens (primary N) is 2. The Kier molecular flexibility index (Phi) is 12.5. The number of esters is 1. The highest BCUT2D eigenvalue weighted by Gasteiger charge is 2.28. The van der Waals surface area contributed by atoms with Gasteiger partial charge in [0, 0.05) is 13.0 Å². The van der Waals surface area contributed by atoms with Gasteiger partial charge in [0.25, 0.3) is 0 Å². The maximum atomic E-state index is 13.5. The third-order valence-electron chi connectivity index (χ3n) is 6.11. The van der Waals surface area contributed by atoms with Gasteiger partial charge in [-0.25, -0.2) is 9.59 Å². The number of benzene rings is 3. The van der Waals surface area contributed by atoms with Crippen molar-refractivity contribution in [3.8, 4) is 0 Å². The number of nitrogens with one attached hydrogen (secondary N) is 2. The molecule has 42 heavy (non-hydrogen) atoms. The Balaban J connectivity index is 1.69. The van der Waals surface area contributed by atoms with Crippen molar-refractivity contribution in [2.75, 3.05) is 13.2 Å². The van der Waals surface area contributed by atoms with Crippen LogP contribution >= 0.6 is 0 Å². The fourth-order valence-corrected chi connectivity index (χ4v) is 3.95. The first-order valence-corrected chi connectivity index (χ1v) is 13.4. The highest BCUT2D eigenvalue weighted by Crippen LogP contribution is 2.09. The van der Waals surface area contributed by atoms with Crippen molar-refractivity contribution in [2.45, 2.75) is 38.0 Å². The Morgan fingerprint density at radius 3 is 1.95 bits per heavy atom. The van der Waals surface area contributed by atoms with Crippen molar-refractivity contribution < 1.29 is 28.7 Å². The predicted octanol–water partition coefficient (Wildman–Crippen LogP) is 2.49. The van der Waals surface area contributed by atoms with Crippen LogP contribution in [0, 0.1) is 0 Å². The summed E-state index contributed by atoms with van der Waals surface area (Å²) in [5.74, 6) is -1.90. The number of hydrogen-bond donors (Lipinski definition) is 4. The van der Waals surface area contributed by atoms with Gasteiger partial charge in [0.15, 0.2) is 18.3 Å². The predicted molar refractivity (Wildman–Crippen MR) is 157 cm³/mol. The normalized spacial score (nSPS) is 11.8. The zero-order chi connectivity index (χ0) is 30.2. The number of guanidine groups is 1. The van der Waals surface area contributed by atoms with Crippen LogP contribution in [0.4, 0.5) is 4.79 Å². The summed E-state index contributed by atoms with van der Waals surface area (Å²) < 4.78 is 10.5. The van der Waals surface area contributed by atoms with E-state index < -0.39 is 42.4 Å². The first kappa shape index (κ1) is 31.3. The molecule has 3 rings (SSSR count). The van der Waals surface area contributed by atoms with E-state index in [1.165, 1.54) is 0 Å². The molecule has 220 valence electrons. The monoisotopic (exact) mass is 573 g/mol. The van der Waals surface area contributed by atoms with E-state index >= 15 is 0 Å². The smallest absolute Gasteiger partial charge is 0.408 e. The van der Waals surface area contributed by atoms with Crippen LogP contribution in [0.15, 0.2) is 96.0 Å². The van der Waals surface area contributed by atoms with Crippen LogP contribution in [-0.2, 0) is 32.1 Å². The van der Waals surface area contributed by atoms with Crippen LogP contribution in [0.3, 0.4) is 0 Å². The highest BCUT2D eigenvalue weighted by molar-refractivity contribution is 5.95.